The number of nitrogens with zero attached hydrogens (tertiary/aromatic N) is 3. The maximum atomic E-state index is 10.9. The number of ether oxygens (including phenoxy) is 1. The Kier molecular flexibility index (Phi) is 5.63. The minimum Gasteiger partial charge on any atom is -0.489 e. The minimum atomic E-state index is -1.33. The van der Waals surface area contributed by atoms with E-state index in [1.54, 1.807) is 18.2 Å². The van der Waals surface area contributed by atoms with E-state index in [2.05, 4.69) is 10.0 Å². The van der Waals surface area contributed by atoms with Gasteiger partial charge in [-0.05, 0) is 40.9 Å². The summed E-state index contributed by atoms with van der Waals surface area (Å²) in [4.78, 5) is 13.4. The molecule has 2 rings (SSSR count). The summed E-state index contributed by atoms with van der Waals surface area (Å²) in [5, 5.41) is 12.3. The normalized spacial score (nSPS) is 10.7. The van der Waals surface area contributed by atoms with Gasteiger partial charge in [0.05, 0.1) is 5.02 Å². The van der Waals surface area contributed by atoms with Crippen molar-refractivity contribution in [3.8, 4) is 5.75 Å². The standard InChI is InChI=1S/C16H12ClN3O3/c17-14-9-13(23-10-11-4-2-1-3-5-11)7-6-12(14)8-15(16(21)22)19-20-18/h1-9H,10H2,(H,21,22). The fraction of sp³-hybridized carbons (Fsp3) is 0.0625. The van der Waals surface area contributed by atoms with E-state index < -0.39 is 11.7 Å². The molecule has 0 aliphatic carbocycles. The zero-order valence-electron chi connectivity index (χ0n) is 11.9. The first kappa shape index (κ1) is 16.4. The molecule has 116 valence electrons. The SMILES string of the molecule is [N-]=[N+]=NC(=Cc1ccc(OCc2ccccc2)cc1Cl)C(=O)O. The van der Waals surface area contributed by atoms with Gasteiger partial charge in [0.1, 0.15) is 18.1 Å². The molecule has 0 heterocycles. The predicted octanol–water partition coefficient (Wildman–Crippen LogP) is 4.65. The van der Waals surface area contributed by atoms with Gasteiger partial charge in [0.15, 0.2) is 0 Å². The molecule has 0 atom stereocenters. The summed E-state index contributed by atoms with van der Waals surface area (Å²) in [6.45, 7) is 0.394. The molecule has 1 N–H and O–H groups in total. The third-order valence-electron chi connectivity index (χ3n) is 2.88. The summed E-state index contributed by atoms with van der Waals surface area (Å²) in [6.07, 6.45) is 1.20. The number of carbonyl (C=O) groups is 1. The first-order valence-electron chi connectivity index (χ1n) is 6.56. The third kappa shape index (κ3) is 4.78. The number of carboxylic acid groups (broad SMARTS) is 1. The summed E-state index contributed by atoms with van der Waals surface area (Å²) >= 11 is 6.11. The summed E-state index contributed by atoms with van der Waals surface area (Å²) in [5.41, 5.74) is 9.36. The first-order valence-corrected chi connectivity index (χ1v) is 6.94. The average Bonchev–Trinajstić information content (AvgIpc) is 2.55. The molecule has 7 heteroatoms. The number of halogens is 1. The second kappa shape index (κ2) is 7.89. The lowest BCUT2D eigenvalue weighted by molar-refractivity contribution is -0.132. The van der Waals surface area contributed by atoms with Crippen molar-refractivity contribution in [2.45, 2.75) is 6.61 Å². The van der Waals surface area contributed by atoms with Gasteiger partial charge < -0.3 is 9.84 Å². The molecule has 0 spiro atoms. The summed E-state index contributed by atoms with van der Waals surface area (Å²) < 4.78 is 5.62. The Morgan fingerprint density at radius 1 is 1.30 bits per heavy atom. The number of aliphatic carboxylic acids is 1. The third-order valence-corrected chi connectivity index (χ3v) is 3.21. The molecule has 0 bridgehead atoms. The minimum absolute atomic E-state index is 0.294. The lowest BCUT2D eigenvalue weighted by Gasteiger charge is -2.08. The van der Waals surface area contributed by atoms with Crippen LogP contribution in [0.5, 0.6) is 5.75 Å². The molecule has 0 saturated carbocycles. The highest BCUT2D eigenvalue weighted by Crippen LogP contribution is 2.25. The Morgan fingerprint density at radius 2 is 2.04 bits per heavy atom. The van der Waals surface area contributed by atoms with Crippen LogP contribution in [0, 0.1) is 0 Å². The smallest absolute Gasteiger partial charge is 0.338 e. The van der Waals surface area contributed by atoms with Crippen LogP contribution in [0.4, 0.5) is 0 Å². The van der Waals surface area contributed by atoms with Gasteiger partial charge in [0, 0.05) is 4.91 Å². The van der Waals surface area contributed by atoms with Crippen LogP contribution in [-0.2, 0) is 11.4 Å². The Hall–Kier alpha value is -2.95. The van der Waals surface area contributed by atoms with Crippen LogP contribution in [0.15, 0.2) is 59.3 Å². The van der Waals surface area contributed by atoms with Crippen molar-refractivity contribution in [2.75, 3.05) is 0 Å². The van der Waals surface area contributed by atoms with Gasteiger partial charge >= 0.3 is 5.97 Å². The quantitative estimate of drug-likeness (QED) is 0.361. The number of hydrogen-bond donors (Lipinski definition) is 1. The Balaban J connectivity index is 2.16. The van der Waals surface area contributed by atoms with Crippen LogP contribution in [0.2, 0.25) is 5.02 Å². The van der Waals surface area contributed by atoms with Gasteiger partial charge in [-0.2, -0.15) is 0 Å². The molecule has 2 aromatic rings. The van der Waals surface area contributed by atoms with Gasteiger partial charge in [-0.1, -0.05) is 47.0 Å². The molecule has 23 heavy (non-hydrogen) atoms. The van der Waals surface area contributed by atoms with Crippen LogP contribution < -0.4 is 4.74 Å². The van der Waals surface area contributed by atoms with Gasteiger partial charge in [-0.25, -0.2) is 4.79 Å². The maximum Gasteiger partial charge on any atom is 0.338 e. The van der Waals surface area contributed by atoms with Gasteiger partial charge in [-0.3, -0.25) is 0 Å². The number of carboxylic acids is 1. The number of azide groups is 1. The summed E-state index contributed by atoms with van der Waals surface area (Å²) in [6, 6.07) is 14.5. The van der Waals surface area contributed by atoms with Crippen LogP contribution in [0.1, 0.15) is 11.1 Å². The molecule has 0 aliphatic rings. The van der Waals surface area contributed by atoms with Crippen LogP contribution in [0.25, 0.3) is 16.5 Å². The van der Waals surface area contributed by atoms with E-state index in [1.807, 2.05) is 30.3 Å². The molecule has 2 aromatic carbocycles. The molecular weight excluding hydrogens is 318 g/mol. The molecule has 0 unspecified atom stereocenters. The highest BCUT2D eigenvalue weighted by molar-refractivity contribution is 6.32. The largest absolute Gasteiger partial charge is 0.489 e. The van der Waals surface area contributed by atoms with E-state index in [9.17, 15) is 4.79 Å². The van der Waals surface area contributed by atoms with Crippen molar-refractivity contribution in [1.29, 1.82) is 0 Å². The maximum absolute atomic E-state index is 10.9. The Labute approximate surface area is 137 Å². The molecule has 0 aliphatic heterocycles. The molecule has 6 nitrogen and oxygen atoms in total. The van der Waals surface area contributed by atoms with Crippen LogP contribution >= 0.6 is 11.6 Å². The molecule has 0 amide bonds. The second-order valence-corrected chi connectivity index (χ2v) is 4.89. The van der Waals surface area contributed by atoms with E-state index in [4.69, 9.17) is 27.0 Å². The van der Waals surface area contributed by atoms with Crippen molar-refractivity contribution in [3.63, 3.8) is 0 Å². The average molecular weight is 330 g/mol. The summed E-state index contributed by atoms with van der Waals surface area (Å²) in [5.74, 6) is -0.778. The zero-order valence-corrected chi connectivity index (χ0v) is 12.6. The van der Waals surface area contributed by atoms with Gasteiger partial charge in [0.25, 0.3) is 0 Å². The van der Waals surface area contributed by atoms with Gasteiger partial charge in [-0.15, -0.1) is 0 Å². The van der Waals surface area contributed by atoms with Crippen molar-refractivity contribution in [3.05, 3.63) is 80.8 Å². The highest BCUT2D eigenvalue weighted by Gasteiger charge is 2.07. The first-order chi connectivity index (χ1) is 11.1. The van der Waals surface area contributed by atoms with Crippen molar-refractivity contribution in [1.82, 2.24) is 0 Å². The number of benzene rings is 2. The van der Waals surface area contributed by atoms with Gasteiger partial charge in [0.2, 0.25) is 0 Å². The van der Waals surface area contributed by atoms with Crippen molar-refractivity contribution < 1.29 is 14.6 Å². The summed E-state index contributed by atoms with van der Waals surface area (Å²) in [7, 11) is 0. The fourth-order valence-corrected chi connectivity index (χ4v) is 2.01. The van der Waals surface area contributed by atoms with E-state index in [-0.39, 0.29) is 0 Å². The van der Waals surface area contributed by atoms with Crippen LogP contribution in [-0.4, -0.2) is 11.1 Å². The molecular formula is C16H12ClN3O3. The predicted molar refractivity (Wildman–Crippen MR) is 87.0 cm³/mol. The second-order valence-electron chi connectivity index (χ2n) is 4.48. The molecule has 0 aromatic heterocycles. The van der Waals surface area contributed by atoms with E-state index in [0.29, 0.717) is 22.9 Å². The molecule has 0 saturated heterocycles. The number of rotatable bonds is 6. The van der Waals surface area contributed by atoms with E-state index in [0.717, 1.165) is 5.56 Å². The topological polar surface area (TPSA) is 95.3 Å². The van der Waals surface area contributed by atoms with Crippen LogP contribution in [0.3, 0.4) is 0 Å². The highest BCUT2D eigenvalue weighted by atomic mass is 35.5. The lowest BCUT2D eigenvalue weighted by atomic mass is 10.2. The van der Waals surface area contributed by atoms with E-state index >= 15 is 0 Å². The zero-order chi connectivity index (χ0) is 16.7. The van der Waals surface area contributed by atoms with E-state index in [1.165, 1.54) is 6.08 Å². The molecule has 0 fully saturated rings. The Bertz CT molecular complexity index is 780. The Morgan fingerprint density at radius 3 is 2.65 bits per heavy atom. The molecule has 0 radical (unpaired) electrons. The monoisotopic (exact) mass is 329 g/mol. The lowest BCUT2D eigenvalue weighted by Crippen LogP contribution is -1.97. The number of hydrogen-bond acceptors (Lipinski definition) is 3. The van der Waals surface area contributed by atoms with Crippen molar-refractivity contribution in [2.24, 2.45) is 5.11 Å². The van der Waals surface area contributed by atoms with Crippen molar-refractivity contribution >= 4 is 23.6 Å². The fourth-order valence-electron chi connectivity index (χ4n) is 1.78.